The van der Waals surface area contributed by atoms with E-state index in [0.29, 0.717) is 22.9 Å². The van der Waals surface area contributed by atoms with Crippen molar-refractivity contribution < 1.29 is 34.3 Å². The molecule has 3 fully saturated rings. The highest BCUT2D eigenvalue weighted by molar-refractivity contribution is 8.27. The van der Waals surface area contributed by atoms with Crippen LogP contribution in [0.15, 0.2) is 70.4 Å². The molecule has 2 aromatic rings. The van der Waals surface area contributed by atoms with E-state index in [-0.39, 0.29) is 26.9 Å². The van der Waals surface area contributed by atoms with Crippen LogP contribution in [0, 0.1) is 11.7 Å². The topological polar surface area (TPSA) is 84.6 Å². The van der Waals surface area contributed by atoms with Crippen molar-refractivity contribution in [2.75, 3.05) is 6.54 Å². The Kier molecular flexibility index (Phi) is 10.7. The van der Waals surface area contributed by atoms with Crippen LogP contribution in [0.2, 0.25) is 0 Å². The third-order valence-electron chi connectivity index (χ3n) is 7.86. The molecule has 12 heteroatoms. The van der Waals surface area contributed by atoms with Crippen molar-refractivity contribution in [1.29, 1.82) is 0 Å². The molecule has 0 radical (unpaired) electrons. The van der Waals surface area contributed by atoms with Gasteiger partial charge in [0.15, 0.2) is 0 Å². The maximum atomic E-state index is 13.5. The Morgan fingerprint density at radius 1 is 1.12 bits per heavy atom. The third-order valence-corrected chi connectivity index (χ3v) is 10.1. The molecule has 242 valence electrons. The molecule has 4 N–H and O–H groups in total. The SMILES string of the molecule is CC.CC(NO)C1CCC1.CC1(C)CNC(C2=C=C(N(Cc3ccc(C(F)(F)F)cc3)S3(c4ccc(F)cc4)OO3)C2)N1.[HH].[HH]. The minimum Gasteiger partial charge on any atom is -0.317 e. The molecule has 2 heterocycles. The van der Waals surface area contributed by atoms with Crippen molar-refractivity contribution in [2.24, 2.45) is 5.92 Å². The van der Waals surface area contributed by atoms with Crippen LogP contribution in [0.3, 0.4) is 0 Å². The standard InChI is InChI=1S/C23H23F4N3O2S.C6H13NO.C2H6.2H2/c1-22(2)14-28-21(29-22)16-11-19(12-16)30(13-15-3-5-17(6-4-15)23(25,26)27)33(31-32-33)20-9-7-18(24)8-10-20;1-5(7-8)6-3-2-4-6;1-2;;/h3-10,21,28-29H,11,13-14H2,1-2H3;5-8H,2-4H2,1H3;1-2H3;2*1H. The molecule has 7 nitrogen and oxygen atoms in total. The number of hydrogen-bond donors (Lipinski definition) is 4. The molecular weight excluding hydrogens is 584 g/mol. The van der Waals surface area contributed by atoms with Crippen LogP contribution in [0.1, 0.15) is 74.3 Å². The van der Waals surface area contributed by atoms with Gasteiger partial charge in [-0.05, 0) is 92.3 Å². The van der Waals surface area contributed by atoms with Gasteiger partial charge in [0, 0.05) is 33.0 Å². The highest BCUT2D eigenvalue weighted by Crippen LogP contribution is 2.75. The predicted molar refractivity (Wildman–Crippen MR) is 163 cm³/mol. The number of alkyl halides is 3. The van der Waals surface area contributed by atoms with Gasteiger partial charge in [-0.25, -0.2) is 9.87 Å². The summed E-state index contributed by atoms with van der Waals surface area (Å²) in [5.41, 5.74) is 7.47. The molecule has 4 aliphatic rings. The van der Waals surface area contributed by atoms with Crippen LogP contribution in [0.25, 0.3) is 0 Å². The first kappa shape index (κ1) is 33.5. The molecule has 2 atom stereocenters. The summed E-state index contributed by atoms with van der Waals surface area (Å²) in [5, 5.41) is 15.4. The van der Waals surface area contributed by atoms with Gasteiger partial charge in [0.25, 0.3) is 0 Å². The van der Waals surface area contributed by atoms with Gasteiger partial charge in [0.1, 0.15) is 5.82 Å². The first-order valence-electron chi connectivity index (χ1n) is 14.7. The average molecular weight is 631 g/mol. The van der Waals surface area contributed by atoms with Crippen molar-refractivity contribution in [1.82, 2.24) is 20.4 Å². The molecule has 0 bridgehead atoms. The van der Waals surface area contributed by atoms with E-state index in [9.17, 15) is 17.6 Å². The largest absolute Gasteiger partial charge is 0.416 e. The second-order valence-corrected chi connectivity index (χ2v) is 13.7. The zero-order chi connectivity index (χ0) is 31.4. The molecule has 2 aliphatic heterocycles. The number of rotatable bonds is 8. The Bertz CT molecular complexity index is 1300. The van der Waals surface area contributed by atoms with Crippen LogP contribution >= 0.6 is 10.8 Å². The molecule has 0 aromatic heterocycles. The lowest BCUT2D eigenvalue weighted by molar-refractivity contribution is -0.137. The highest BCUT2D eigenvalue weighted by atomic mass is 32.3. The van der Waals surface area contributed by atoms with Crippen LogP contribution in [0.5, 0.6) is 0 Å². The summed E-state index contributed by atoms with van der Waals surface area (Å²) >= 11 is 0. The number of hydrogen-bond acceptors (Lipinski definition) is 7. The smallest absolute Gasteiger partial charge is 0.317 e. The van der Waals surface area contributed by atoms with Gasteiger partial charge < -0.3 is 5.21 Å². The minimum absolute atomic E-state index is 0. The van der Waals surface area contributed by atoms with Gasteiger partial charge >= 0.3 is 6.18 Å². The van der Waals surface area contributed by atoms with Gasteiger partial charge in [-0.15, -0.1) is 0 Å². The van der Waals surface area contributed by atoms with E-state index in [4.69, 9.17) is 13.9 Å². The lowest BCUT2D eigenvalue weighted by atomic mass is 9.81. The number of halogens is 4. The van der Waals surface area contributed by atoms with Crippen molar-refractivity contribution >= 4 is 10.8 Å². The summed E-state index contributed by atoms with van der Waals surface area (Å²) in [6, 6.07) is 11.2. The molecule has 0 spiro atoms. The number of nitrogens with zero attached hydrogens (tertiary/aromatic N) is 1. The third kappa shape index (κ3) is 8.01. The Hall–Kier alpha value is -2.41. The first-order valence-corrected chi connectivity index (χ1v) is 16.1. The van der Waals surface area contributed by atoms with Gasteiger partial charge in [-0.3, -0.25) is 14.9 Å². The molecular formula is C31H46F4N4O3S. The van der Waals surface area contributed by atoms with E-state index in [0.717, 1.165) is 35.9 Å². The van der Waals surface area contributed by atoms with Crippen LogP contribution in [-0.2, 0) is 21.4 Å². The number of hydroxylamine groups is 1. The lowest BCUT2D eigenvalue weighted by Crippen LogP contribution is -2.41. The maximum Gasteiger partial charge on any atom is 0.416 e. The second kappa shape index (κ2) is 13.7. The van der Waals surface area contributed by atoms with E-state index >= 15 is 0 Å². The Morgan fingerprint density at radius 3 is 2.14 bits per heavy atom. The zero-order valence-corrected chi connectivity index (χ0v) is 26.0. The van der Waals surface area contributed by atoms with Gasteiger partial charge in [0.05, 0.1) is 28.9 Å². The molecule has 2 aliphatic carbocycles. The monoisotopic (exact) mass is 630 g/mol. The van der Waals surface area contributed by atoms with Crippen LogP contribution in [0.4, 0.5) is 17.6 Å². The van der Waals surface area contributed by atoms with Crippen LogP contribution < -0.4 is 16.1 Å². The van der Waals surface area contributed by atoms with E-state index in [2.05, 4.69) is 35.7 Å². The van der Waals surface area contributed by atoms with Crippen LogP contribution in [-0.4, -0.2) is 33.8 Å². The number of nitrogens with one attached hydrogen (secondary N) is 3. The normalized spacial score (nSPS) is 23.1. The molecule has 43 heavy (non-hydrogen) atoms. The molecule has 1 saturated carbocycles. The Morgan fingerprint density at radius 2 is 1.72 bits per heavy atom. The predicted octanol–water partition coefficient (Wildman–Crippen LogP) is 8.00. The first-order chi connectivity index (χ1) is 20.4. The summed E-state index contributed by atoms with van der Waals surface area (Å²) in [4.78, 5) is 0.664. The fraction of sp³-hybridized carbons (Fsp3) is 0.516. The van der Waals surface area contributed by atoms with Gasteiger partial charge in [0.2, 0.25) is 0 Å². The summed E-state index contributed by atoms with van der Waals surface area (Å²) in [5.74, 6) is 0.356. The highest BCUT2D eigenvalue weighted by Gasteiger charge is 2.50. The van der Waals surface area contributed by atoms with E-state index in [1.165, 1.54) is 43.5 Å². The van der Waals surface area contributed by atoms with Crippen molar-refractivity contribution in [3.05, 3.63) is 82.5 Å². The average Bonchev–Trinajstić information content (AvgIpc) is 3.65. The lowest BCUT2D eigenvalue weighted by Gasteiger charge is -2.37. The number of benzene rings is 2. The summed E-state index contributed by atoms with van der Waals surface area (Å²) in [6.07, 6.45) is 0.143. The van der Waals surface area contributed by atoms with Crippen molar-refractivity contribution in [3.63, 3.8) is 0 Å². The Labute approximate surface area is 256 Å². The van der Waals surface area contributed by atoms with Gasteiger partial charge in [-0.1, -0.05) is 46.8 Å². The fourth-order valence-corrected chi connectivity index (χ4v) is 6.95. The quantitative estimate of drug-likeness (QED) is 0.0774. The summed E-state index contributed by atoms with van der Waals surface area (Å²) in [6.45, 7) is 11.3. The van der Waals surface area contributed by atoms with Crippen molar-refractivity contribution in [2.45, 2.75) is 95.7 Å². The van der Waals surface area contributed by atoms with E-state index in [1.807, 2.05) is 25.1 Å². The van der Waals surface area contributed by atoms with Crippen molar-refractivity contribution in [3.8, 4) is 0 Å². The summed E-state index contributed by atoms with van der Waals surface area (Å²) < 4.78 is 65.3. The molecule has 2 aromatic carbocycles. The Balaban J connectivity index is 0.000000509. The zero-order valence-electron chi connectivity index (χ0n) is 25.2. The molecule has 2 saturated heterocycles. The maximum absolute atomic E-state index is 13.5. The van der Waals surface area contributed by atoms with E-state index < -0.39 is 22.5 Å². The second-order valence-electron chi connectivity index (χ2n) is 11.5. The van der Waals surface area contributed by atoms with E-state index in [1.54, 1.807) is 12.1 Å². The minimum atomic E-state index is -4.40. The molecule has 6 rings (SSSR count). The summed E-state index contributed by atoms with van der Waals surface area (Å²) in [7, 11) is -2.34. The fourth-order valence-electron chi connectivity index (χ4n) is 4.98. The molecule has 2 unspecified atom stereocenters. The van der Waals surface area contributed by atoms with Gasteiger partial charge in [-0.2, -0.15) is 13.2 Å². The molecule has 0 amide bonds.